The highest BCUT2D eigenvalue weighted by Gasteiger charge is 2.34. The zero-order valence-corrected chi connectivity index (χ0v) is 6.84. The number of ether oxygens (including phenoxy) is 1. The molecule has 6 nitrogen and oxygen atoms in total. The maximum atomic E-state index is 10.2. The van der Waals surface area contributed by atoms with Gasteiger partial charge >= 0.3 is 6.23 Å². The van der Waals surface area contributed by atoms with Crippen molar-refractivity contribution in [1.82, 2.24) is 4.90 Å². The average Bonchev–Trinajstić information content (AvgIpc) is 2.04. The predicted molar refractivity (Wildman–Crippen MR) is 40.2 cm³/mol. The number of hydrogen-bond donors (Lipinski definition) is 1. The fraction of sp³-hybridized carbons (Fsp3) is 1.00. The molecule has 1 fully saturated rings. The third-order valence-electron chi connectivity index (χ3n) is 2.00. The van der Waals surface area contributed by atoms with Crippen LogP contribution >= 0.6 is 0 Å². The van der Waals surface area contributed by atoms with E-state index in [0.29, 0.717) is 13.2 Å². The lowest BCUT2D eigenvalue weighted by molar-refractivity contribution is -0.580. The Hall–Kier alpha value is -0.720. The summed E-state index contributed by atoms with van der Waals surface area (Å²) in [5, 5.41) is 19.3. The van der Waals surface area contributed by atoms with Gasteiger partial charge < -0.3 is 9.84 Å². The lowest BCUT2D eigenvalue weighted by Gasteiger charge is -2.31. The molecule has 0 aromatic heterocycles. The van der Waals surface area contributed by atoms with E-state index in [1.54, 1.807) is 11.9 Å². The largest absolute Gasteiger partial charge is 0.378 e. The second kappa shape index (κ2) is 3.79. The Morgan fingerprint density at radius 3 is 3.00 bits per heavy atom. The first kappa shape index (κ1) is 9.37. The molecule has 12 heavy (non-hydrogen) atoms. The van der Waals surface area contributed by atoms with E-state index in [2.05, 4.69) is 0 Å². The number of aliphatic hydroxyl groups excluding tert-OH is 1. The van der Waals surface area contributed by atoms with Gasteiger partial charge in [0.05, 0.1) is 18.1 Å². The predicted octanol–water partition coefficient (Wildman–Crippen LogP) is -1.09. The van der Waals surface area contributed by atoms with Crippen molar-refractivity contribution in [3.05, 3.63) is 10.1 Å². The molecule has 70 valence electrons. The van der Waals surface area contributed by atoms with Gasteiger partial charge in [-0.05, 0) is 7.05 Å². The van der Waals surface area contributed by atoms with E-state index < -0.39 is 17.2 Å². The second-order valence-corrected chi connectivity index (χ2v) is 2.82. The van der Waals surface area contributed by atoms with Gasteiger partial charge in [-0.2, -0.15) is 0 Å². The Morgan fingerprint density at radius 1 is 1.83 bits per heavy atom. The van der Waals surface area contributed by atoms with Crippen molar-refractivity contribution in [2.75, 3.05) is 26.8 Å². The van der Waals surface area contributed by atoms with Gasteiger partial charge in [-0.15, -0.1) is 0 Å². The molecule has 1 aliphatic rings. The smallest absolute Gasteiger partial charge is 0.330 e. The zero-order valence-electron chi connectivity index (χ0n) is 6.84. The summed E-state index contributed by atoms with van der Waals surface area (Å²) >= 11 is 0. The molecule has 1 saturated heterocycles. The van der Waals surface area contributed by atoms with Crippen LogP contribution in [0.25, 0.3) is 0 Å². The lowest BCUT2D eigenvalue weighted by atomic mass is 10.2. The van der Waals surface area contributed by atoms with Crippen molar-refractivity contribution < 1.29 is 14.8 Å². The third-order valence-corrected chi connectivity index (χ3v) is 2.00. The molecular formula is C6H12N2O4. The number of aliphatic hydroxyl groups is 1. The van der Waals surface area contributed by atoms with Crippen LogP contribution in [-0.4, -0.2) is 54.0 Å². The molecule has 0 aromatic rings. The molecule has 1 unspecified atom stereocenters. The molecule has 0 saturated carbocycles. The standard InChI is InChI=1S/C6H12N2O4/c1-7-2-3-12-4-5(7)6(9)8(10)11/h5-6,9H,2-4H2,1H3/t5?,6-/m0/s1. The zero-order chi connectivity index (χ0) is 9.14. The molecule has 0 spiro atoms. The first-order chi connectivity index (χ1) is 5.63. The molecule has 0 amide bonds. The summed E-state index contributed by atoms with van der Waals surface area (Å²) in [4.78, 5) is 11.3. The number of morpholine rings is 1. The van der Waals surface area contributed by atoms with Crippen LogP contribution in [0.3, 0.4) is 0 Å². The minimum Gasteiger partial charge on any atom is -0.378 e. The topological polar surface area (TPSA) is 75.8 Å². The number of nitro groups is 1. The van der Waals surface area contributed by atoms with Crippen LogP contribution in [0.1, 0.15) is 0 Å². The summed E-state index contributed by atoms with van der Waals surface area (Å²) in [5.74, 6) is 0. The molecule has 1 aliphatic heterocycles. The Balaban J connectivity index is 2.53. The quantitative estimate of drug-likeness (QED) is 0.329. The van der Waals surface area contributed by atoms with Crippen molar-refractivity contribution >= 4 is 0 Å². The van der Waals surface area contributed by atoms with Gasteiger partial charge in [-0.3, -0.25) is 15.0 Å². The molecule has 0 aromatic carbocycles. The third kappa shape index (κ3) is 1.90. The summed E-state index contributed by atoms with van der Waals surface area (Å²) in [6, 6.07) is -0.520. The normalized spacial score (nSPS) is 28.3. The van der Waals surface area contributed by atoms with Gasteiger partial charge in [0.25, 0.3) is 0 Å². The summed E-state index contributed by atoms with van der Waals surface area (Å²) in [5.41, 5.74) is 0. The van der Waals surface area contributed by atoms with Crippen LogP contribution in [0, 0.1) is 10.1 Å². The van der Waals surface area contributed by atoms with Crippen LogP contribution in [0.2, 0.25) is 0 Å². The van der Waals surface area contributed by atoms with E-state index in [-0.39, 0.29) is 6.61 Å². The molecule has 6 heteroatoms. The van der Waals surface area contributed by atoms with E-state index >= 15 is 0 Å². The molecule has 1 rings (SSSR count). The van der Waals surface area contributed by atoms with Crippen LogP contribution in [0.15, 0.2) is 0 Å². The van der Waals surface area contributed by atoms with Gasteiger partial charge in [-0.25, -0.2) is 0 Å². The summed E-state index contributed by atoms with van der Waals surface area (Å²) < 4.78 is 5.02. The lowest BCUT2D eigenvalue weighted by Crippen LogP contribution is -2.52. The highest BCUT2D eigenvalue weighted by molar-refractivity contribution is 4.73. The molecule has 0 bridgehead atoms. The molecule has 1 heterocycles. The molecule has 0 aliphatic carbocycles. The Bertz CT molecular complexity index is 175. The highest BCUT2D eigenvalue weighted by Crippen LogP contribution is 2.08. The summed E-state index contributed by atoms with van der Waals surface area (Å²) in [7, 11) is 1.74. The first-order valence-electron chi connectivity index (χ1n) is 3.72. The van der Waals surface area contributed by atoms with E-state index in [0.717, 1.165) is 0 Å². The van der Waals surface area contributed by atoms with E-state index in [1.165, 1.54) is 0 Å². The number of rotatable bonds is 2. The molecule has 0 radical (unpaired) electrons. The average molecular weight is 176 g/mol. The molecule has 1 N–H and O–H groups in total. The van der Waals surface area contributed by atoms with Gasteiger partial charge in [0.1, 0.15) is 6.04 Å². The Morgan fingerprint density at radius 2 is 2.50 bits per heavy atom. The van der Waals surface area contributed by atoms with Gasteiger partial charge in [0.2, 0.25) is 0 Å². The fourth-order valence-corrected chi connectivity index (χ4v) is 1.16. The number of likely N-dealkylation sites (N-methyl/N-ethyl adjacent to an activating group) is 1. The van der Waals surface area contributed by atoms with Crippen molar-refractivity contribution in [1.29, 1.82) is 0 Å². The minimum atomic E-state index is -1.55. The molecule has 2 atom stereocenters. The molecular weight excluding hydrogens is 164 g/mol. The van der Waals surface area contributed by atoms with E-state index in [1.807, 2.05) is 0 Å². The van der Waals surface area contributed by atoms with Crippen molar-refractivity contribution in [2.24, 2.45) is 0 Å². The van der Waals surface area contributed by atoms with Gasteiger partial charge in [-0.1, -0.05) is 0 Å². The maximum absolute atomic E-state index is 10.2. The van der Waals surface area contributed by atoms with Crippen LogP contribution in [0.5, 0.6) is 0 Å². The SMILES string of the molecule is CN1CCOCC1[C@H](O)[N+](=O)[O-]. The van der Waals surface area contributed by atoms with Gasteiger partial charge in [0, 0.05) is 6.54 Å². The van der Waals surface area contributed by atoms with Crippen LogP contribution in [0.4, 0.5) is 0 Å². The number of hydrogen-bond acceptors (Lipinski definition) is 5. The summed E-state index contributed by atoms with van der Waals surface area (Å²) in [6.45, 7) is 1.41. The van der Waals surface area contributed by atoms with Crippen molar-refractivity contribution in [3.63, 3.8) is 0 Å². The fourth-order valence-electron chi connectivity index (χ4n) is 1.16. The van der Waals surface area contributed by atoms with Crippen molar-refractivity contribution in [2.45, 2.75) is 12.3 Å². The van der Waals surface area contributed by atoms with Crippen LogP contribution < -0.4 is 0 Å². The Kier molecular flexibility index (Phi) is 2.96. The Labute approximate surface area is 69.9 Å². The highest BCUT2D eigenvalue weighted by atomic mass is 16.7. The second-order valence-electron chi connectivity index (χ2n) is 2.82. The number of nitrogens with zero attached hydrogens (tertiary/aromatic N) is 2. The monoisotopic (exact) mass is 176 g/mol. The van der Waals surface area contributed by atoms with E-state index in [9.17, 15) is 10.1 Å². The summed E-state index contributed by atoms with van der Waals surface area (Å²) in [6.07, 6.45) is -1.55. The van der Waals surface area contributed by atoms with Gasteiger partial charge in [0.15, 0.2) is 0 Å². The van der Waals surface area contributed by atoms with Crippen molar-refractivity contribution in [3.8, 4) is 0 Å². The maximum Gasteiger partial charge on any atom is 0.330 e. The first-order valence-corrected chi connectivity index (χ1v) is 3.72. The minimum absolute atomic E-state index is 0.221. The van der Waals surface area contributed by atoms with E-state index in [4.69, 9.17) is 9.84 Å². The van der Waals surface area contributed by atoms with Crippen LogP contribution in [-0.2, 0) is 4.74 Å².